The van der Waals surface area contributed by atoms with E-state index >= 15 is 0 Å². The Bertz CT molecular complexity index is 841. The molecular weight excluding hydrogens is 428 g/mol. The molecule has 3 rings (SSSR count). The van der Waals surface area contributed by atoms with Crippen LogP contribution in [0.3, 0.4) is 0 Å². The van der Waals surface area contributed by atoms with E-state index in [4.69, 9.17) is 14.2 Å². The number of nitrogens with zero attached hydrogens (tertiary/aromatic N) is 3. The Morgan fingerprint density at radius 1 is 1.32 bits per heavy atom. The molecule has 150 valence electrons. The molecule has 0 spiro atoms. The normalized spacial score (nSPS) is 14.1. The third-order valence-electron chi connectivity index (χ3n) is 4.05. The Morgan fingerprint density at radius 3 is 2.75 bits per heavy atom. The van der Waals surface area contributed by atoms with E-state index in [1.807, 2.05) is 13.8 Å². The van der Waals surface area contributed by atoms with Crippen molar-refractivity contribution in [3.05, 3.63) is 34.4 Å². The molecule has 1 aliphatic heterocycles. The van der Waals surface area contributed by atoms with Crippen molar-refractivity contribution in [1.29, 1.82) is 0 Å². The molecule has 1 fully saturated rings. The Hall–Kier alpha value is -2.39. The van der Waals surface area contributed by atoms with Gasteiger partial charge in [0.2, 0.25) is 11.8 Å². The maximum Gasteiger partial charge on any atom is 0.254 e. The third-order valence-corrected chi connectivity index (χ3v) is 4.60. The Kier molecular flexibility index (Phi) is 6.69. The van der Waals surface area contributed by atoms with E-state index in [2.05, 4.69) is 31.2 Å². The summed E-state index contributed by atoms with van der Waals surface area (Å²) in [6.45, 7) is 6.15. The second-order valence-electron chi connectivity index (χ2n) is 6.46. The minimum Gasteiger partial charge on any atom is -0.495 e. The highest BCUT2D eigenvalue weighted by atomic mass is 79.9. The first-order chi connectivity index (χ1) is 13.5. The SMILES string of the molecule is COc1cc(C(=O)N2CCOCC2)ccc1Nc1ncc(Br)c(OC(C)C)n1. The largest absolute Gasteiger partial charge is 0.495 e. The Labute approximate surface area is 172 Å². The number of morpholine rings is 1. The molecule has 1 N–H and O–H groups in total. The van der Waals surface area contributed by atoms with Gasteiger partial charge in [0.25, 0.3) is 5.91 Å². The average molecular weight is 451 g/mol. The van der Waals surface area contributed by atoms with Gasteiger partial charge in [-0.05, 0) is 48.0 Å². The van der Waals surface area contributed by atoms with Gasteiger partial charge in [0, 0.05) is 18.7 Å². The highest BCUT2D eigenvalue weighted by Crippen LogP contribution is 2.30. The van der Waals surface area contributed by atoms with E-state index in [0.29, 0.717) is 59.6 Å². The van der Waals surface area contributed by atoms with Crippen LogP contribution in [0.5, 0.6) is 11.6 Å². The number of amides is 1. The molecule has 0 radical (unpaired) electrons. The second kappa shape index (κ2) is 9.20. The van der Waals surface area contributed by atoms with Crippen LogP contribution in [0, 0.1) is 0 Å². The summed E-state index contributed by atoms with van der Waals surface area (Å²) in [7, 11) is 1.55. The first kappa shape index (κ1) is 20.3. The van der Waals surface area contributed by atoms with Gasteiger partial charge in [0.05, 0.1) is 42.8 Å². The predicted octanol–water partition coefficient (Wildman–Crippen LogP) is 3.25. The fourth-order valence-electron chi connectivity index (χ4n) is 2.71. The first-order valence-corrected chi connectivity index (χ1v) is 9.78. The van der Waals surface area contributed by atoms with Gasteiger partial charge < -0.3 is 24.4 Å². The van der Waals surface area contributed by atoms with Crippen LogP contribution in [0.2, 0.25) is 0 Å². The molecule has 0 saturated carbocycles. The summed E-state index contributed by atoms with van der Waals surface area (Å²) in [4.78, 5) is 23.1. The molecule has 1 amide bonds. The van der Waals surface area contributed by atoms with Crippen LogP contribution in [0.1, 0.15) is 24.2 Å². The molecule has 9 heteroatoms. The lowest BCUT2D eigenvalue weighted by Crippen LogP contribution is -2.40. The van der Waals surface area contributed by atoms with Crippen LogP contribution in [0.15, 0.2) is 28.9 Å². The van der Waals surface area contributed by atoms with Crippen LogP contribution in [-0.4, -0.2) is 60.3 Å². The number of hydrogen-bond acceptors (Lipinski definition) is 7. The number of nitrogens with one attached hydrogen (secondary N) is 1. The fraction of sp³-hybridized carbons (Fsp3) is 0.421. The van der Waals surface area contributed by atoms with Crippen molar-refractivity contribution in [2.45, 2.75) is 20.0 Å². The van der Waals surface area contributed by atoms with Gasteiger partial charge in [-0.3, -0.25) is 4.79 Å². The van der Waals surface area contributed by atoms with Crippen molar-refractivity contribution < 1.29 is 19.0 Å². The highest BCUT2D eigenvalue weighted by molar-refractivity contribution is 9.10. The number of aromatic nitrogens is 2. The standard InChI is InChI=1S/C19H23BrN4O4/c1-12(2)28-17-14(20)11-21-19(23-17)22-15-5-4-13(10-16(15)26-3)18(25)24-6-8-27-9-7-24/h4-5,10-12H,6-9H2,1-3H3,(H,21,22,23). The molecular formula is C19H23BrN4O4. The minimum atomic E-state index is -0.0411. The topological polar surface area (TPSA) is 85.8 Å². The number of methoxy groups -OCH3 is 1. The van der Waals surface area contributed by atoms with Crippen molar-refractivity contribution in [1.82, 2.24) is 14.9 Å². The molecule has 1 saturated heterocycles. The maximum absolute atomic E-state index is 12.7. The van der Waals surface area contributed by atoms with Gasteiger partial charge in [-0.15, -0.1) is 0 Å². The molecule has 8 nitrogen and oxygen atoms in total. The minimum absolute atomic E-state index is 0.0148. The van der Waals surface area contributed by atoms with Crippen molar-refractivity contribution in [2.75, 3.05) is 38.7 Å². The third kappa shape index (κ3) is 4.90. The molecule has 28 heavy (non-hydrogen) atoms. The second-order valence-corrected chi connectivity index (χ2v) is 7.31. The zero-order chi connectivity index (χ0) is 20.1. The van der Waals surface area contributed by atoms with Crippen LogP contribution >= 0.6 is 15.9 Å². The molecule has 0 unspecified atom stereocenters. The van der Waals surface area contributed by atoms with Crippen LogP contribution < -0.4 is 14.8 Å². The predicted molar refractivity (Wildman–Crippen MR) is 108 cm³/mol. The van der Waals surface area contributed by atoms with Gasteiger partial charge in [-0.1, -0.05) is 0 Å². The van der Waals surface area contributed by atoms with Crippen molar-refractivity contribution in [3.63, 3.8) is 0 Å². The summed E-state index contributed by atoms with van der Waals surface area (Å²) < 4.78 is 17.1. The summed E-state index contributed by atoms with van der Waals surface area (Å²) in [5, 5.41) is 3.12. The summed E-state index contributed by atoms with van der Waals surface area (Å²) in [6, 6.07) is 5.25. The molecule has 0 atom stereocenters. The Morgan fingerprint density at radius 2 is 2.07 bits per heavy atom. The monoisotopic (exact) mass is 450 g/mol. The van der Waals surface area contributed by atoms with Gasteiger partial charge >= 0.3 is 0 Å². The lowest BCUT2D eigenvalue weighted by molar-refractivity contribution is 0.0302. The van der Waals surface area contributed by atoms with E-state index in [-0.39, 0.29) is 12.0 Å². The number of anilines is 2. The lowest BCUT2D eigenvalue weighted by atomic mass is 10.1. The lowest BCUT2D eigenvalue weighted by Gasteiger charge is -2.27. The molecule has 2 heterocycles. The van der Waals surface area contributed by atoms with Crippen molar-refractivity contribution in [3.8, 4) is 11.6 Å². The quantitative estimate of drug-likeness (QED) is 0.722. The van der Waals surface area contributed by atoms with E-state index in [9.17, 15) is 4.79 Å². The van der Waals surface area contributed by atoms with Gasteiger partial charge in [0.1, 0.15) is 5.75 Å². The number of carbonyl (C=O) groups is 1. The van der Waals surface area contributed by atoms with Gasteiger partial charge in [-0.2, -0.15) is 4.98 Å². The van der Waals surface area contributed by atoms with Gasteiger partial charge in [0.15, 0.2) is 0 Å². The summed E-state index contributed by atoms with van der Waals surface area (Å²) >= 11 is 3.38. The van der Waals surface area contributed by atoms with E-state index in [1.165, 1.54) is 0 Å². The number of rotatable bonds is 6. The van der Waals surface area contributed by atoms with Crippen LogP contribution in [0.4, 0.5) is 11.6 Å². The van der Waals surface area contributed by atoms with Gasteiger partial charge in [-0.25, -0.2) is 4.98 Å². The first-order valence-electron chi connectivity index (χ1n) is 8.99. The van der Waals surface area contributed by atoms with E-state index in [0.717, 1.165) is 0 Å². The maximum atomic E-state index is 12.7. The number of halogens is 1. The molecule has 1 aromatic heterocycles. The fourth-order valence-corrected chi connectivity index (χ4v) is 3.00. The zero-order valence-electron chi connectivity index (χ0n) is 16.1. The smallest absolute Gasteiger partial charge is 0.254 e. The summed E-state index contributed by atoms with van der Waals surface area (Å²) in [5.74, 6) is 1.30. The molecule has 0 aliphatic carbocycles. The molecule has 2 aromatic rings. The van der Waals surface area contributed by atoms with Crippen LogP contribution in [-0.2, 0) is 4.74 Å². The highest BCUT2D eigenvalue weighted by Gasteiger charge is 2.20. The average Bonchev–Trinajstić information content (AvgIpc) is 2.70. The van der Waals surface area contributed by atoms with E-state index in [1.54, 1.807) is 36.4 Å². The summed E-state index contributed by atoms with van der Waals surface area (Å²) in [6.07, 6.45) is 1.61. The molecule has 1 aliphatic rings. The number of carbonyl (C=O) groups excluding carboxylic acids is 1. The Balaban J connectivity index is 1.80. The summed E-state index contributed by atoms with van der Waals surface area (Å²) in [5.41, 5.74) is 1.21. The number of ether oxygens (including phenoxy) is 3. The molecule has 1 aromatic carbocycles. The number of benzene rings is 1. The van der Waals surface area contributed by atoms with Crippen molar-refractivity contribution >= 4 is 33.5 Å². The number of hydrogen-bond donors (Lipinski definition) is 1. The van der Waals surface area contributed by atoms with Crippen molar-refractivity contribution in [2.24, 2.45) is 0 Å². The van der Waals surface area contributed by atoms with E-state index < -0.39 is 0 Å². The van der Waals surface area contributed by atoms with Crippen LogP contribution in [0.25, 0.3) is 0 Å². The molecule has 0 bridgehead atoms. The zero-order valence-corrected chi connectivity index (χ0v) is 17.7.